The first-order valence-electron chi connectivity index (χ1n) is 8.13. The van der Waals surface area contributed by atoms with Crippen LogP contribution in [0.3, 0.4) is 0 Å². The molecule has 0 spiro atoms. The van der Waals surface area contributed by atoms with Crippen molar-refractivity contribution in [3.63, 3.8) is 0 Å². The van der Waals surface area contributed by atoms with Crippen LogP contribution in [0.1, 0.15) is 24.7 Å². The predicted octanol–water partition coefficient (Wildman–Crippen LogP) is 0.885. The van der Waals surface area contributed by atoms with Crippen molar-refractivity contribution in [2.24, 2.45) is 7.05 Å². The molecule has 2 unspecified atom stereocenters. The Labute approximate surface area is 129 Å². The Hall–Kier alpha value is -0.910. The topological polar surface area (TPSA) is 36.3 Å². The molecule has 0 saturated carbocycles. The van der Waals surface area contributed by atoms with Crippen LogP contribution in [0.2, 0.25) is 0 Å². The lowest BCUT2D eigenvalue weighted by molar-refractivity contribution is 0.0871. The van der Waals surface area contributed by atoms with Gasteiger partial charge in [0.15, 0.2) is 0 Å². The zero-order valence-corrected chi connectivity index (χ0v) is 14.3. The highest BCUT2D eigenvalue weighted by molar-refractivity contribution is 5.11. The molecule has 5 nitrogen and oxygen atoms in total. The van der Waals surface area contributed by atoms with Gasteiger partial charge >= 0.3 is 0 Å². The number of piperazine rings is 1. The maximum atomic E-state index is 4.49. The largest absolute Gasteiger partial charge is 0.312 e. The average Bonchev–Trinajstić information content (AvgIpc) is 2.75. The minimum atomic E-state index is 0.479. The molecule has 0 bridgehead atoms. The van der Waals surface area contributed by atoms with E-state index in [0.29, 0.717) is 12.1 Å². The Kier molecular flexibility index (Phi) is 5.79. The van der Waals surface area contributed by atoms with Gasteiger partial charge in [0.05, 0.1) is 5.69 Å². The summed E-state index contributed by atoms with van der Waals surface area (Å²) in [6, 6.07) is 3.26. The number of rotatable bonds is 6. The fraction of sp³-hybridized carbons (Fsp3) is 0.812. The van der Waals surface area contributed by atoms with E-state index in [0.717, 1.165) is 38.3 Å². The quantitative estimate of drug-likeness (QED) is 0.845. The van der Waals surface area contributed by atoms with Gasteiger partial charge in [0, 0.05) is 50.9 Å². The van der Waals surface area contributed by atoms with Crippen LogP contribution in [0.5, 0.6) is 0 Å². The summed E-state index contributed by atoms with van der Waals surface area (Å²) < 4.78 is 2.03. The summed E-state index contributed by atoms with van der Waals surface area (Å²) in [5, 5.41) is 8.25. The first-order valence-corrected chi connectivity index (χ1v) is 8.13. The molecule has 1 fully saturated rings. The summed E-state index contributed by atoms with van der Waals surface area (Å²) in [5.41, 5.74) is 2.43. The van der Waals surface area contributed by atoms with Crippen LogP contribution in [0.15, 0.2) is 6.07 Å². The Morgan fingerprint density at radius 1 is 1.33 bits per heavy atom. The fourth-order valence-electron chi connectivity index (χ4n) is 3.23. The van der Waals surface area contributed by atoms with Crippen molar-refractivity contribution < 1.29 is 0 Å². The predicted molar refractivity (Wildman–Crippen MR) is 87.6 cm³/mol. The summed E-state index contributed by atoms with van der Waals surface area (Å²) in [5.74, 6) is 0. The van der Waals surface area contributed by atoms with Crippen LogP contribution in [0.4, 0.5) is 0 Å². The first-order chi connectivity index (χ1) is 10.0. The van der Waals surface area contributed by atoms with Gasteiger partial charge < -0.3 is 10.2 Å². The molecule has 0 aromatic carbocycles. The molecule has 0 radical (unpaired) electrons. The second-order valence-corrected chi connectivity index (χ2v) is 6.48. The SMILES string of the molecule is CCCNC(Cc1cc(C)nn1C)C1CN(C)CCN1C. The zero-order valence-electron chi connectivity index (χ0n) is 14.3. The molecular weight excluding hydrogens is 262 g/mol. The van der Waals surface area contributed by atoms with Crippen LogP contribution in [0, 0.1) is 6.92 Å². The average molecular weight is 293 g/mol. The van der Waals surface area contributed by atoms with Gasteiger partial charge in [-0.3, -0.25) is 9.58 Å². The number of nitrogens with zero attached hydrogens (tertiary/aromatic N) is 4. The van der Waals surface area contributed by atoms with Crippen LogP contribution in [-0.2, 0) is 13.5 Å². The van der Waals surface area contributed by atoms with E-state index >= 15 is 0 Å². The van der Waals surface area contributed by atoms with Gasteiger partial charge in [-0.25, -0.2) is 0 Å². The highest BCUT2D eigenvalue weighted by Gasteiger charge is 2.30. The van der Waals surface area contributed by atoms with Gasteiger partial charge in [0.25, 0.3) is 0 Å². The van der Waals surface area contributed by atoms with E-state index in [1.807, 2.05) is 4.68 Å². The standard InChI is InChI=1S/C16H31N5/c1-6-7-17-15(11-14-10-13(2)18-21(14)5)16-12-19(3)8-9-20(16)4/h10,15-17H,6-9,11-12H2,1-5H3. The molecule has 1 N–H and O–H groups in total. The summed E-state index contributed by atoms with van der Waals surface area (Å²) in [6.07, 6.45) is 2.22. The van der Waals surface area contributed by atoms with Gasteiger partial charge in [-0.1, -0.05) is 6.92 Å². The van der Waals surface area contributed by atoms with Crippen LogP contribution < -0.4 is 5.32 Å². The summed E-state index contributed by atoms with van der Waals surface area (Å²) in [4.78, 5) is 4.95. The number of aryl methyl sites for hydroxylation is 2. The van der Waals surface area contributed by atoms with E-state index in [1.165, 1.54) is 12.1 Å². The maximum Gasteiger partial charge on any atom is 0.0596 e. The van der Waals surface area contributed by atoms with Gasteiger partial charge in [0.1, 0.15) is 0 Å². The zero-order chi connectivity index (χ0) is 15.4. The molecule has 5 heteroatoms. The molecule has 1 aliphatic heterocycles. The lowest BCUT2D eigenvalue weighted by Gasteiger charge is -2.42. The smallest absolute Gasteiger partial charge is 0.0596 e. The molecule has 1 aromatic rings. The Bertz CT molecular complexity index is 442. The van der Waals surface area contributed by atoms with Crippen molar-refractivity contribution in [3.05, 3.63) is 17.5 Å². The Morgan fingerprint density at radius 3 is 2.71 bits per heavy atom. The molecule has 1 saturated heterocycles. The second kappa shape index (κ2) is 7.38. The monoisotopic (exact) mass is 293 g/mol. The molecule has 2 heterocycles. The summed E-state index contributed by atoms with van der Waals surface area (Å²) >= 11 is 0. The number of aromatic nitrogens is 2. The minimum absolute atomic E-state index is 0.479. The lowest BCUT2D eigenvalue weighted by Crippen LogP contribution is -2.59. The molecule has 0 aliphatic carbocycles. The third-order valence-corrected chi connectivity index (χ3v) is 4.55. The van der Waals surface area contributed by atoms with Crippen LogP contribution >= 0.6 is 0 Å². The first kappa shape index (κ1) is 16.5. The highest BCUT2D eigenvalue weighted by atomic mass is 15.3. The Balaban J connectivity index is 2.11. The van der Waals surface area contributed by atoms with Gasteiger partial charge in [0.2, 0.25) is 0 Å². The molecule has 0 amide bonds. The van der Waals surface area contributed by atoms with E-state index in [1.54, 1.807) is 0 Å². The molecular formula is C16H31N5. The van der Waals surface area contributed by atoms with E-state index in [4.69, 9.17) is 0 Å². The Morgan fingerprint density at radius 2 is 2.10 bits per heavy atom. The van der Waals surface area contributed by atoms with E-state index in [-0.39, 0.29) is 0 Å². The molecule has 120 valence electrons. The van der Waals surface area contributed by atoms with E-state index in [9.17, 15) is 0 Å². The van der Waals surface area contributed by atoms with Crippen molar-refractivity contribution in [2.45, 2.75) is 38.8 Å². The van der Waals surface area contributed by atoms with Gasteiger partial charge in [-0.15, -0.1) is 0 Å². The molecule has 21 heavy (non-hydrogen) atoms. The van der Waals surface area contributed by atoms with Crippen molar-refractivity contribution in [3.8, 4) is 0 Å². The molecule has 1 aromatic heterocycles. The highest BCUT2D eigenvalue weighted by Crippen LogP contribution is 2.15. The molecule has 2 rings (SSSR count). The number of likely N-dealkylation sites (N-methyl/N-ethyl adjacent to an activating group) is 2. The second-order valence-electron chi connectivity index (χ2n) is 6.48. The third kappa shape index (κ3) is 4.28. The number of nitrogens with one attached hydrogen (secondary N) is 1. The molecule has 1 aliphatic rings. The maximum absolute atomic E-state index is 4.49. The van der Waals surface area contributed by atoms with Gasteiger partial charge in [-0.2, -0.15) is 5.10 Å². The van der Waals surface area contributed by atoms with Crippen LogP contribution in [-0.4, -0.2) is 71.9 Å². The minimum Gasteiger partial charge on any atom is -0.312 e. The third-order valence-electron chi connectivity index (χ3n) is 4.55. The van der Waals surface area contributed by atoms with Crippen molar-refractivity contribution >= 4 is 0 Å². The summed E-state index contributed by atoms with van der Waals surface area (Å²) in [6.45, 7) is 8.83. The normalized spacial score (nSPS) is 22.6. The number of hydrogen-bond donors (Lipinski definition) is 1. The van der Waals surface area contributed by atoms with Crippen molar-refractivity contribution in [2.75, 3.05) is 40.3 Å². The van der Waals surface area contributed by atoms with E-state index in [2.05, 4.69) is 61.3 Å². The van der Waals surface area contributed by atoms with E-state index < -0.39 is 0 Å². The fourth-order valence-corrected chi connectivity index (χ4v) is 3.23. The molecule has 2 atom stereocenters. The van der Waals surface area contributed by atoms with Crippen molar-refractivity contribution in [1.29, 1.82) is 0 Å². The van der Waals surface area contributed by atoms with Crippen molar-refractivity contribution in [1.82, 2.24) is 24.9 Å². The van der Waals surface area contributed by atoms with Crippen LogP contribution in [0.25, 0.3) is 0 Å². The number of hydrogen-bond acceptors (Lipinski definition) is 4. The lowest BCUT2D eigenvalue weighted by atomic mass is 9.98. The van der Waals surface area contributed by atoms with Gasteiger partial charge in [-0.05, 0) is 40.1 Å². The summed E-state index contributed by atoms with van der Waals surface area (Å²) in [7, 11) is 6.54.